The van der Waals surface area contributed by atoms with Crippen molar-refractivity contribution in [2.75, 3.05) is 26.2 Å². The molecule has 1 amide bonds. The molecule has 74 valence electrons. The lowest BCUT2D eigenvalue weighted by Crippen LogP contribution is -2.43. The molecular formula is C9H16N2O2. The van der Waals surface area contributed by atoms with Gasteiger partial charge in [-0.25, -0.2) is 4.79 Å². The van der Waals surface area contributed by atoms with Crippen LogP contribution in [-0.2, 0) is 4.74 Å². The highest BCUT2D eigenvalue weighted by molar-refractivity contribution is 5.69. The van der Waals surface area contributed by atoms with Gasteiger partial charge in [-0.3, -0.25) is 0 Å². The normalized spacial score (nSPS) is 29.1. The number of ether oxygens (including phenoxy) is 1. The zero-order chi connectivity index (χ0) is 9.10. The quantitative estimate of drug-likeness (QED) is 0.682. The lowest BCUT2D eigenvalue weighted by atomic mass is 10.0. The Bertz CT molecular complexity index is 190. The minimum atomic E-state index is -0.146. The Kier molecular flexibility index (Phi) is 2.68. The summed E-state index contributed by atoms with van der Waals surface area (Å²) in [4.78, 5) is 12.9. The molecule has 4 heteroatoms. The summed E-state index contributed by atoms with van der Waals surface area (Å²) in [7, 11) is 0. The number of rotatable bonds is 2. The van der Waals surface area contributed by atoms with Crippen LogP contribution in [0.2, 0.25) is 0 Å². The molecule has 0 spiro atoms. The van der Waals surface area contributed by atoms with E-state index in [1.165, 1.54) is 19.3 Å². The van der Waals surface area contributed by atoms with Crippen molar-refractivity contribution in [2.45, 2.75) is 25.3 Å². The van der Waals surface area contributed by atoms with Crippen molar-refractivity contribution in [3.8, 4) is 0 Å². The molecule has 2 fully saturated rings. The van der Waals surface area contributed by atoms with Gasteiger partial charge in [0.15, 0.2) is 0 Å². The number of carbonyl (C=O) groups is 1. The van der Waals surface area contributed by atoms with E-state index >= 15 is 0 Å². The van der Waals surface area contributed by atoms with E-state index in [0.29, 0.717) is 12.6 Å². The third-order valence-electron chi connectivity index (χ3n) is 2.70. The third kappa shape index (κ3) is 2.12. The van der Waals surface area contributed by atoms with E-state index < -0.39 is 0 Å². The van der Waals surface area contributed by atoms with E-state index in [4.69, 9.17) is 4.74 Å². The molecule has 1 unspecified atom stereocenters. The lowest BCUT2D eigenvalue weighted by Gasteiger charge is -2.26. The van der Waals surface area contributed by atoms with Crippen molar-refractivity contribution in [2.24, 2.45) is 0 Å². The number of piperidine rings is 1. The number of nitrogens with zero attached hydrogens (tertiary/aromatic N) is 1. The van der Waals surface area contributed by atoms with Crippen LogP contribution in [0, 0.1) is 0 Å². The van der Waals surface area contributed by atoms with E-state index in [1.807, 2.05) is 0 Å². The Morgan fingerprint density at radius 2 is 2.46 bits per heavy atom. The summed E-state index contributed by atoms with van der Waals surface area (Å²) in [6.45, 7) is 3.23. The summed E-state index contributed by atoms with van der Waals surface area (Å²) in [5, 5.41) is 3.42. The summed E-state index contributed by atoms with van der Waals surface area (Å²) in [5.41, 5.74) is 0. The van der Waals surface area contributed by atoms with Gasteiger partial charge in [0.05, 0.1) is 6.54 Å². The van der Waals surface area contributed by atoms with Crippen LogP contribution in [0.5, 0.6) is 0 Å². The molecule has 0 aliphatic carbocycles. The number of cyclic esters (lactones) is 1. The van der Waals surface area contributed by atoms with Crippen LogP contribution < -0.4 is 5.32 Å². The summed E-state index contributed by atoms with van der Waals surface area (Å²) in [6, 6.07) is 0.486. The second-order valence-electron chi connectivity index (χ2n) is 3.71. The van der Waals surface area contributed by atoms with Crippen LogP contribution in [0.25, 0.3) is 0 Å². The van der Waals surface area contributed by atoms with Crippen LogP contribution >= 0.6 is 0 Å². The average molecular weight is 184 g/mol. The van der Waals surface area contributed by atoms with Crippen LogP contribution in [0.15, 0.2) is 0 Å². The average Bonchev–Trinajstić information content (AvgIpc) is 2.54. The molecule has 2 aliphatic heterocycles. The smallest absolute Gasteiger partial charge is 0.409 e. The van der Waals surface area contributed by atoms with Crippen molar-refractivity contribution in [3.05, 3.63) is 0 Å². The van der Waals surface area contributed by atoms with Gasteiger partial charge in [0.25, 0.3) is 0 Å². The fraction of sp³-hybridized carbons (Fsp3) is 0.889. The fourth-order valence-electron chi connectivity index (χ4n) is 1.94. The minimum Gasteiger partial charge on any atom is -0.448 e. The summed E-state index contributed by atoms with van der Waals surface area (Å²) < 4.78 is 4.87. The molecular weight excluding hydrogens is 168 g/mol. The Morgan fingerprint density at radius 1 is 1.54 bits per heavy atom. The standard InChI is InChI=1S/C9H16N2O2/c12-9-11(5-6-13-9)7-8-3-1-2-4-10-8/h8,10H,1-7H2. The van der Waals surface area contributed by atoms with Crippen molar-refractivity contribution in [1.82, 2.24) is 10.2 Å². The van der Waals surface area contributed by atoms with E-state index in [1.54, 1.807) is 4.90 Å². The van der Waals surface area contributed by atoms with E-state index in [-0.39, 0.29) is 6.09 Å². The molecule has 2 saturated heterocycles. The second-order valence-corrected chi connectivity index (χ2v) is 3.71. The highest BCUT2D eigenvalue weighted by atomic mass is 16.6. The minimum absolute atomic E-state index is 0.146. The van der Waals surface area contributed by atoms with Gasteiger partial charge < -0.3 is 15.0 Å². The van der Waals surface area contributed by atoms with Crippen molar-refractivity contribution in [3.63, 3.8) is 0 Å². The topological polar surface area (TPSA) is 41.6 Å². The van der Waals surface area contributed by atoms with Crippen molar-refractivity contribution < 1.29 is 9.53 Å². The van der Waals surface area contributed by atoms with Gasteiger partial charge in [-0.05, 0) is 19.4 Å². The molecule has 1 N–H and O–H groups in total. The number of hydrogen-bond acceptors (Lipinski definition) is 3. The van der Waals surface area contributed by atoms with Crippen molar-refractivity contribution in [1.29, 1.82) is 0 Å². The summed E-state index contributed by atoms with van der Waals surface area (Å²) >= 11 is 0. The first-order valence-electron chi connectivity index (χ1n) is 5.01. The summed E-state index contributed by atoms with van der Waals surface area (Å²) in [5.74, 6) is 0. The maximum Gasteiger partial charge on any atom is 0.409 e. The van der Waals surface area contributed by atoms with E-state index in [2.05, 4.69) is 5.32 Å². The van der Waals surface area contributed by atoms with Gasteiger partial charge in [-0.2, -0.15) is 0 Å². The first-order chi connectivity index (χ1) is 6.36. The maximum absolute atomic E-state index is 11.1. The largest absolute Gasteiger partial charge is 0.448 e. The van der Waals surface area contributed by atoms with E-state index in [0.717, 1.165) is 19.6 Å². The number of nitrogens with one attached hydrogen (secondary N) is 1. The molecule has 0 saturated carbocycles. The maximum atomic E-state index is 11.1. The van der Waals surface area contributed by atoms with Crippen LogP contribution in [-0.4, -0.2) is 43.3 Å². The molecule has 0 bridgehead atoms. The zero-order valence-electron chi connectivity index (χ0n) is 7.79. The predicted molar refractivity (Wildman–Crippen MR) is 48.6 cm³/mol. The zero-order valence-corrected chi connectivity index (χ0v) is 7.79. The third-order valence-corrected chi connectivity index (χ3v) is 2.70. The van der Waals surface area contributed by atoms with Gasteiger partial charge in [0.2, 0.25) is 0 Å². The monoisotopic (exact) mass is 184 g/mol. The van der Waals surface area contributed by atoms with E-state index in [9.17, 15) is 4.79 Å². The molecule has 0 radical (unpaired) electrons. The van der Waals surface area contributed by atoms with Crippen LogP contribution in [0.1, 0.15) is 19.3 Å². The molecule has 2 aliphatic rings. The van der Waals surface area contributed by atoms with Gasteiger partial charge >= 0.3 is 6.09 Å². The van der Waals surface area contributed by atoms with Gasteiger partial charge in [-0.15, -0.1) is 0 Å². The van der Waals surface area contributed by atoms with Crippen LogP contribution in [0.4, 0.5) is 4.79 Å². The molecule has 13 heavy (non-hydrogen) atoms. The molecule has 2 rings (SSSR count). The molecule has 0 aromatic carbocycles. The van der Waals surface area contributed by atoms with Crippen molar-refractivity contribution >= 4 is 6.09 Å². The van der Waals surface area contributed by atoms with Crippen LogP contribution in [0.3, 0.4) is 0 Å². The van der Waals surface area contributed by atoms with Gasteiger partial charge in [-0.1, -0.05) is 6.42 Å². The first kappa shape index (κ1) is 8.81. The Hall–Kier alpha value is -0.770. The summed E-state index contributed by atoms with van der Waals surface area (Å²) in [6.07, 6.45) is 3.58. The number of carbonyl (C=O) groups excluding carboxylic acids is 1. The first-order valence-corrected chi connectivity index (χ1v) is 5.01. The predicted octanol–water partition coefficient (Wildman–Crippen LogP) is 0.581. The Morgan fingerprint density at radius 3 is 3.08 bits per heavy atom. The fourth-order valence-corrected chi connectivity index (χ4v) is 1.94. The van der Waals surface area contributed by atoms with Gasteiger partial charge in [0.1, 0.15) is 6.61 Å². The molecule has 2 heterocycles. The number of hydrogen-bond donors (Lipinski definition) is 1. The second kappa shape index (κ2) is 3.96. The lowest BCUT2D eigenvalue weighted by molar-refractivity contribution is 0.154. The molecule has 0 aromatic rings. The molecule has 1 atom stereocenters. The van der Waals surface area contributed by atoms with Gasteiger partial charge in [0, 0.05) is 12.6 Å². The number of amides is 1. The molecule has 0 aromatic heterocycles. The molecule has 4 nitrogen and oxygen atoms in total. The Balaban J connectivity index is 1.79. The highest BCUT2D eigenvalue weighted by Crippen LogP contribution is 2.11. The Labute approximate surface area is 78.2 Å². The SMILES string of the molecule is O=C1OCCN1CC1CCCCN1. The highest BCUT2D eigenvalue weighted by Gasteiger charge is 2.25.